The van der Waals surface area contributed by atoms with Gasteiger partial charge in [0, 0.05) is 18.7 Å². The van der Waals surface area contributed by atoms with Gasteiger partial charge in [0.25, 0.3) is 0 Å². The molecule has 5 heteroatoms. The van der Waals surface area contributed by atoms with Gasteiger partial charge in [-0.1, -0.05) is 24.3 Å². The molecule has 1 aliphatic heterocycles. The number of nitrogens with one attached hydrogen (secondary N) is 1. The molecule has 2 aromatic rings. The first-order valence-corrected chi connectivity index (χ1v) is 8.42. The second-order valence-electron chi connectivity index (χ2n) is 5.85. The molecule has 0 unspecified atom stereocenters. The van der Waals surface area contributed by atoms with Crippen molar-refractivity contribution < 1.29 is 14.2 Å². The molecule has 1 N–H and O–H groups in total. The van der Waals surface area contributed by atoms with Crippen molar-refractivity contribution >= 4 is 5.84 Å². The van der Waals surface area contributed by atoms with Gasteiger partial charge < -0.3 is 19.5 Å². The molecule has 0 aromatic heterocycles. The van der Waals surface area contributed by atoms with Crippen LogP contribution in [0.25, 0.3) is 0 Å². The summed E-state index contributed by atoms with van der Waals surface area (Å²) in [5.74, 6) is 2.95. The maximum absolute atomic E-state index is 5.41. The first kappa shape index (κ1) is 17.1. The second-order valence-corrected chi connectivity index (χ2v) is 5.85. The maximum atomic E-state index is 5.41. The number of methoxy groups -OCH3 is 3. The third-order valence-corrected chi connectivity index (χ3v) is 4.35. The van der Waals surface area contributed by atoms with Crippen molar-refractivity contribution in [3.8, 4) is 17.2 Å². The standard InChI is InChI=1S/C20H24N2O3/c1-23-17-12-14(13-18(24-2)19(17)25-3)8-10-21-20-16-7-5-4-6-15(16)9-11-22-20/h4-7,12-13H,8-11H2,1-3H3,(H,21,22). The van der Waals surface area contributed by atoms with Gasteiger partial charge in [0.2, 0.25) is 5.75 Å². The van der Waals surface area contributed by atoms with Gasteiger partial charge in [0.1, 0.15) is 5.84 Å². The van der Waals surface area contributed by atoms with E-state index in [0.717, 1.165) is 37.3 Å². The largest absolute Gasteiger partial charge is 0.493 e. The SMILES string of the molecule is COc1cc(CCNC2=NCCc3ccccc32)cc(OC)c1OC. The first-order valence-electron chi connectivity index (χ1n) is 8.42. The molecule has 0 atom stereocenters. The summed E-state index contributed by atoms with van der Waals surface area (Å²) in [6, 6.07) is 12.4. The lowest BCUT2D eigenvalue weighted by molar-refractivity contribution is 0.324. The van der Waals surface area contributed by atoms with Gasteiger partial charge >= 0.3 is 0 Å². The van der Waals surface area contributed by atoms with Crippen LogP contribution in [0.2, 0.25) is 0 Å². The zero-order valence-electron chi connectivity index (χ0n) is 15.0. The van der Waals surface area contributed by atoms with Gasteiger partial charge in [0.05, 0.1) is 21.3 Å². The van der Waals surface area contributed by atoms with Crippen LogP contribution >= 0.6 is 0 Å². The van der Waals surface area contributed by atoms with Gasteiger partial charge in [-0.2, -0.15) is 0 Å². The van der Waals surface area contributed by atoms with E-state index in [2.05, 4.69) is 34.6 Å². The van der Waals surface area contributed by atoms with Crippen LogP contribution in [0, 0.1) is 0 Å². The highest BCUT2D eigenvalue weighted by Crippen LogP contribution is 2.38. The average Bonchev–Trinajstić information content (AvgIpc) is 2.67. The summed E-state index contributed by atoms with van der Waals surface area (Å²) >= 11 is 0. The van der Waals surface area contributed by atoms with Gasteiger partial charge in [-0.25, -0.2) is 0 Å². The van der Waals surface area contributed by atoms with Crippen molar-refractivity contribution in [2.75, 3.05) is 34.4 Å². The number of rotatable bonds is 6. The zero-order chi connectivity index (χ0) is 17.6. The monoisotopic (exact) mass is 340 g/mol. The Bertz CT molecular complexity index is 746. The summed E-state index contributed by atoms with van der Waals surface area (Å²) in [5.41, 5.74) is 3.68. The lowest BCUT2D eigenvalue weighted by atomic mass is 10.0. The Morgan fingerprint density at radius 2 is 1.72 bits per heavy atom. The van der Waals surface area contributed by atoms with E-state index in [9.17, 15) is 0 Å². The van der Waals surface area contributed by atoms with Crippen LogP contribution in [0.15, 0.2) is 41.4 Å². The number of hydrogen-bond acceptors (Lipinski definition) is 5. The highest BCUT2D eigenvalue weighted by atomic mass is 16.5. The molecule has 2 aromatic carbocycles. The molecule has 0 saturated carbocycles. The molecule has 0 radical (unpaired) electrons. The quantitative estimate of drug-likeness (QED) is 0.878. The number of ether oxygens (including phenoxy) is 3. The minimum Gasteiger partial charge on any atom is -0.493 e. The third kappa shape index (κ3) is 3.71. The Balaban J connectivity index is 1.69. The summed E-state index contributed by atoms with van der Waals surface area (Å²) < 4.78 is 16.2. The van der Waals surface area contributed by atoms with Crippen molar-refractivity contribution in [1.82, 2.24) is 5.32 Å². The van der Waals surface area contributed by atoms with Gasteiger partial charge in [-0.3, -0.25) is 4.99 Å². The zero-order valence-corrected chi connectivity index (χ0v) is 15.0. The normalized spacial score (nSPS) is 12.8. The smallest absolute Gasteiger partial charge is 0.203 e. The molecule has 5 nitrogen and oxygen atoms in total. The van der Waals surface area contributed by atoms with E-state index in [0.29, 0.717) is 17.2 Å². The Hall–Kier alpha value is -2.69. The Labute approximate surface area is 148 Å². The third-order valence-electron chi connectivity index (χ3n) is 4.35. The van der Waals surface area contributed by atoms with E-state index in [1.54, 1.807) is 21.3 Å². The highest BCUT2D eigenvalue weighted by molar-refractivity contribution is 6.00. The number of nitrogens with zero attached hydrogens (tertiary/aromatic N) is 1. The lowest BCUT2D eigenvalue weighted by Crippen LogP contribution is -2.30. The van der Waals surface area contributed by atoms with Crippen molar-refractivity contribution in [1.29, 1.82) is 0 Å². The predicted octanol–water partition coefficient (Wildman–Crippen LogP) is 2.85. The van der Waals surface area contributed by atoms with Crippen LogP contribution in [0.5, 0.6) is 17.2 Å². The fraction of sp³-hybridized carbons (Fsp3) is 0.350. The van der Waals surface area contributed by atoms with E-state index in [4.69, 9.17) is 14.2 Å². The molecule has 1 aliphatic rings. The molecule has 3 rings (SSSR count). The lowest BCUT2D eigenvalue weighted by Gasteiger charge is -2.18. The summed E-state index contributed by atoms with van der Waals surface area (Å²) in [4.78, 5) is 4.63. The van der Waals surface area contributed by atoms with Gasteiger partial charge in [0.15, 0.2) is 11.5 Å². The molecular formula is C20H24N2O3. The average molecular weight is 340 g/mol. The molecule has 132 valence electrons. The van der Waals surface area contributed by atoms with E-state index < -0.39 is 0 Å². The maximum Gasteiger partial charge on any atom is 0.203 e. The Morgan fingerprint density at radius 3 is 2.40 bits per heavy atom. The Morgan fingerprint density at radius 1 is 1.00 bits per heavy atom. The molecule has 1 heterocycles. The molecular weight excluding hydrogens is 316 g/mol. The topological polar surface area (TPSA) is 52.1 Å². The number of benzene rings is 2. The van der Waals surface area contributed by atoms with Gasteiger partial charge in [-0.15, -0.1) is 0 Å². The van der Waals surface area contributed by atoms with Crippen LogP contribution in [0.1, 0.15) is 16.7 Å². The molecule has 25 heavy (non-hydrogen) atoms. The molecule has 0 bridgehead atoms. The van der Waals surface area contributed by atoms with Crippen LogP contribution < -0.4 is 19.5 Å². The fourth-order valence-electron chi connectivity index (χ4n) is 3.10. The first-order chi connectivity index (χ1) is 12.3. The number of aliphatic imine (C=N–C) groups is 1. The molecule has 0 aliphatic carbocycles. The van der Waals surface area contributed by atoms with Crippen molar-refractivity contribution in [2.45, 2.75) is 12.8 Å². The van der Waals surface area contributed by atoms with Crippen molar-refractivity contribution in [3.05, 3.63) is 53.1 Å². The van der Waals surface area contributed by atoms with E-state index in [-0.39, 0.29) is 0 Å². The van der Waals surface area contributed by atoms with Crippen LogP contribution in [-0.4, -0.2) is 40.3 Å². The van der Waals surface area contributed by atoms with Crippen LogP contribution in [0.4, 0.5) is 0 Å². The molecule has 0 saturated heterocycles. The number of amidine groups is 1. The number of fused-ring (bicyclic) bond motifs is 1. The van der Waals surface area contributed by atoms with Crippen LogP contribution in [-0.2, 0) is 12.8 Å². The van der Waals surface area contributed by atoms with Gasteiger partial charge in [-0.05, 0) is 36.1 Å². The number of hydrogen-bond donors (Lipinski definition) is 1. The predicted molar refractivity (Wildman–Crippen MR) is 99.4 cm³/mol. The van der Waals surface area contributed by atoms with E-state index >= 15 is 0 Å². The minimum absolute atomic E-state index is 0.618. The fourth-order valence-corrected chi connectivity index (χ4v) is 3.10. The van der Waals surface area contributed by atoms with E-state index in [1.165, 1.54) is 11.1 Å². The summed E-state index contributed by atoms with van der Waals surface area (Å²) in [6.45, 7) is 1.62. The molecule has 0 fully saturated rings. The van der Waals surface area contributed by atoms with Crippen LogP contribution in [0.3, 0.4) is 0 Å². The molecule has 0 spiro atoms. The Kier molecular flexibility index (Phi) is 5.43. The second kappa shape index (κ2) is 7.92. The summed E-state index contributed by atoms with van der Waals surface area (Å²) in [7, 11) is 4.88. The minimum atomic E-state index is 0.618. The summed E-state index contributed by atoms with van der Waals surface area (Å²) in [5, 5.41) is 3.47. The highest BCUT2D eigenvalue weighted by Gasteiger charge is 2.15. The van der Waals surface area contributed by atoms with Crippen molar-refractivity contribution in [3.63, 3.8) is 0 Å². The van der Waals surface area contributed by atoms with Crippen molar-refractivity contribution in [2.24, 2.45) is 4.99 Å². The summed E-state index contributed by atoms with van der Waals surface area (Å²) in [6.07, 6.45) is 1.84. The van der Waals surface area contributed by atoms with E-state index in [1.807, 2.05) is 12.1 Å². The molecule has 0 amide bonds.